The molecule has 0 radical (unpaired) electrons. The van der Waals surface area contributed by atoms with Crippen molar-refractivity contribution < 1.29 is 4.79 Å². The van der Waals surface area contributed by atoms with Gasteiger partial charge in [-0.2, -0.15) is 0 Å². The number of carbonyl (C=O) groups is 1. The van der Waals surface area contributed by atoms with Crippen LogP contribution in [-0.4, -0.2) is 16.9 Å². The van der Waals surface area contributed by atoms with Crippen LogP contribution in [0.1, 0.15) is 5.56 Å². The zero-order valence-electron chi connectivity index (χ0n) is 11.8. The first-order valence-electron chi connectivity index (χ1n) is 7.00. The topological polar surface area (TPSA) is 70.9 Å². The molecule has 0 saturated carbocycles. The molecule has 5 heteroatoms. The van der Waals surface area contributed by atoms with Gasteiger partial charge >= 0.3 is 0 Å². The molecule has 3 rings (SSSR count). The van der Waals surface area contributed by atoms with Crippen molar-refractivity contribution in [2.24, 2.45) is 5.73 Å². The van der Waals surface area contributed by atoms with Crippen LogP contribution in [0.15, 0.2) is 54.7 Å². The van der Waals surface area contributed by atoms with E-state index >= 15 is 0 Å². The van der Waals surface area contributed by atoms with Gasteiger partial charge in [-0.05, 0) is 36.2 Å². The Bertz CT molecular complexity index is 812. The fourth-order valence-electron chi connectivity index (χ4n) is 2.43. The van der Waals surface area contributed by atoms with Gasteiger partial charge in [-0.1, -0.05) is 35.9 Å². The molecule has 0 fully saturated rings. The number of carbonyl (C=O) groups excluding carboxylic acids is 1. The van der Waals surface area contributed by atoms with Gasteiger partial charge in [0.25, 0.3) is 0 Å². The van der Waals surface area contributed by atoms with Crippen LogP contribution in [-0.2, 0) is 11.2 Å². The maximum atomic E-state index is 12.2. The number of fused-ring (bicyclic) bond motifs is 1. The highest BCUT2D eigenvalue weighted by atomic mass is 35.5. The highest BCUT2D eigenvalue weighted by molar-refractivity contribution is 6.30. The summed E-state index contributed by atoms with van der Waals surface area (Å²) < 4.78 is 0. The summed E-state index contributed by atoms with van der Waals surface area (Å²) in [4.78, 5) is 15.4. The lowest BCUT2D eigenvalue weighted by Crippen LogP contribution is -2.37. The van der Waals surface area contributed by atoms with Crippen molar-refractivity contribution in [3.63, 3.8) is 0 Å². The molecule has 1 heterocycles. The molecule has 0 unspecified atom stereocenters. The second kappa shape index (κ2) is 6.22. The Hall–Kier alpha value is -2.30. The van der Waals surface area contributed by atoms with Crippen molar-refractivity contribution in [3.8, 4) is 0 Å². The summed E-state index contributed by atoms with van der Waals surface area (Å²) in [6.07, 6.45) is 2.37. The van der Waals surface area contributed by atoms with E-state index in [4.69, 9.17) is 17.3 Å². The molecule has 1 atom stereocenters. The van der Waals surface area contributed by atoms with Gasteiger partial charge < -0.3 is 16.0 Å². The second-order valence-electron chi connectivity index (χ2n) is 5.17. The highest BCUT2D eigenvalue weighted by Crippen LogP contribution is 2.19. The molecule has 4 N–H and O–H groups in total. The van der Waals surface area contributed by atoms with Gasteiger partial charge in [0, 0.05) is 27.8 Å². The van der Waals surface area contributed by atoms with Crippen molar-refractivity contribution in [2.45, 2.75) is 12.5 Å². The molecular weight excluding hydrogens is 298 g/mol. The molecule has 0 aliphatic carbocycles. The number of hydrogen-bond donors (Lipinski definition) is 3. The van der Waals surface area contributed by atoms with Crippen LogP contribution in [0.5, 0.6) is 0 Å². The first kappa shape index (κ1) is 14.6. The van der Waals surface area contributed by atoms with Gasteiger partial charge in [-0.3, -0.25) is 4.79 Å². The van der Waals surface area contributed by atoms with Crippen LogP contribution in [0.25, 0.3) is 10.9 Å². The number of H-pyrrole nitrogens is 1. The van der Waals surface area contributed by atoms with E-state index in [1.165, 1.54) is 0 Å². The normalized spacial score (nSPS) is 12.3. The molecule has 1 aromatic heterocycles. The summed E-state index contributed by atoms with van der Waals surface area (Å²) in [6, 6.07) is 14.3. The summed E-state index contributed by atoms with van der Waals surface area (Å²) in [5.41, 5.74) is 8.75. The van der Waals surface area contributed by atoms with Crippen molar-refractivity contribution in [2.75, 3.05) is 5.32 Å². The largest absolute Gasteiger partial charge is 0.361 e. The predicted octanol–water partition coefficient (Wildman–Crippen LogP) is 3.33. The molecule has 0 saturated heterocycles. The minimum Gasteiger partial charge on any atom is -0.361 e. The first-order valence-corrected chi connectivity index (χ1v) is 7.38. The van der Waals surface area contributed by atoms with E-state index in [2.05, 4.69) is 10.3 Å². The lowest BCUT2D eigenvalue weighted by atomic mass is 10.0. The quantitative estimate of drug-likeness (QED) is 0.691. The van der Waals surface area contributed by atoms with Crippen LogP contribution in [0.4, 0.5) is 5.69 Å². The van der Waals surface area contributed by atoms with E-state index < -0.39 is 6.04 Å². The number of rotatable bonds is 4. The van der Waals surface area contributed by atoms with Gasteiger partial charge in [-0.15, -0.1) is 0 Å². The molecule has 0 aliphatic rings. The Morgan fingerprint density at radius 1 is 1.23 bits per heavy atom. The molecule has 0 bridgehead atoms. The first-order chi connectivity index (χ1) is 10.6. The average Bonchev–Trinajstić information content (AvgIpc) is 2.90. The van der Waals surface area contributed by atoms with Crippen molar-refractivity contribution in [1.82, 2.24) is 4.98 Å². The SMILES string of the molecule is N[C@@H](Cc1c[nH]c2ccccc12)C(=O)Nc1cccc(Cl)c1. The zero-order chi connectivity index (χ0) is 15.5. The Labute approximate surface area is 133 Å². The fourth-order valence-corrected chi connectivity index (χ4v) is 2.62. The third-order valence-electron chi connectivity index (χ3n) is 3.54. The smallest absolute Gasteiger partial charge is 0.241 e. The molecule has 1 amide bonds. The van der Waals surface area contributed by atoms with E-state index in [0.29, 0.717) is 17.1 Å². The Balaban J connectivity index is 1.71. The number of anilines is 1. The predicted molar refractivity (Wildman–Crippen MR) is 90.1 cm³/mol. The lowest BCUT2D eigenvalue weighted by Gasteiger charge is -2.12. The van der Waals surface area contributed by atoms with E-state index in [1.807, 2.05) is 30.5 Å². The number of para-hydroxylation sites is 1. The van der Waals surface area contributed by atoms with Gasteiger partial charge in [0.2, 0.25) is 5.91 Å². The number of aromatic nitrogens is 1. The minimum absolute atomic E-state index is 0.229. The number of amides is 1. The number of halogens is 1. The molecular formula is C17H16ClN3O. The van der Waals surface area contributed by atoms with Gasteiger partial charge in [0.1, 0.15) is 0 Å². The molecule has 22 heavy (non-hydrogen) atoms. The minimum atomic E-state index is -0.627. The highest BCUT2D eigenvalue weighted by Gasteiger charge is 2.16. The third kappa shape index (κ3) is 3.13. The van der Waals surface area contributed by atoms with Gasteiger partial charge in [0.05, 0.1) is 6.04 Å². The van der Waals surface area contributed by atoms with Crippen LogP contribution < -0.4 is 11.1 Å². The van der Waals surface area contributed by atoms with Gasteiger partial charge in [0.15, 0.2) is 0 Å². The molecule has 112 valence electrons. The van der Waals surface area contributed by atoms with Gasteiger partial charge in [-0.25, -0.2) is 0 Å². The van der Waals surface area contributed by atoms with Crippen molar-refractivity contribution in [1.29, 1.82) is 0 Å². The Kier molecular flexibility index (Phi) is 4.13. The number of nitrogens with one attached hydrogen (secondary N) is 2. The molecule has 2 aromatic carbocycles. The summed E-state index contributed by atoms with van der Waals surface area (Å²) in [5, 5.41) is 4.45. The standard InChI is InChI=1S/C17H16ClN3O/c18-12-4-3-5-13(9-12)21-17(22)15(19)8-11-10-20-16-7-2-1-6-14(11)16/h1-7,9-10,15,20H,8,19H2,(H,21,22)/t15-/m0/s1. The summed E-state index contributed by atoms with van der Waals surface area (Å²) in [7, 11) is 0. The van der Waals surface area contributed by atoms with E-state index in [1.54, 1.807) is 24.3 Å². The summed E-state index contributed by atoms with van der Waals surface area (Å²) in [5.74, 6) is -0.229. The molecule has 4 nitrogen and oxygen atoms in total. The maximum Gasteiger partial charge on any atom is 0.241 e. The van der Waals surface area contributed by atoms with E-state index in [-0.39, 0.29) is 5.91 Å². The van der Waals surface area contributed by atoms with Crippen molar-refractivity contribution in [3.05, 3.63) is 65.3 Å². The monoisotopic (exact) mass is 313 g/mol. The summed E-state index contributed by atoms with van der Waals surface area (Å²) in [6.45, 7) is 0. The summed E-state index contributed by atoms with van der Waals surface area (Å²) >= 11 is 5.90. The molecule has 3 aromatic rings. The van der Waals surface area contributed by atoms with Crippen LogP contribution in [0.3, 0.4) is 0 Å². The number of nitrogens with two attached hydrogens (primary N) is 1. The van der Waals surface area contributed by atoms with Crippen LogP contribution in [0.2, 0.25) is 5.02 Å². The Morgan fingerprint density at radius 2 is 2.05 bits per heavy atom. The lowest BCUT2D eigenvalue weighted by molar-refractivity contribution is -0.117. The van der Waals surface area contributed by atoms with E-state index in [9.17, 15) is 4.79 Å². The maximum absolute atomic E-state index is 12.2. The molecule has 0 spiro atoms. The van der Waals surface area contributed by atoms with E-state index in [0.717, 1.165) is 16.5 Å². The molecule has 0 aliphatic heterocycles. The average molecular weight is 314 g/mol. The number of benzene rings is 2. The third-order valence-corrected chi connectivity index (χ3v) is 3.78. The fraction of sp³-hybridized carbons (Fsp3) is 0.118. The second-order valence-corrected chi connectivity index (χ2v) is 5.61. The Morgan fingerprint density at radius 3 is 2.86 bits per heavy atom. The van der Waals surface area contributed by atoms with Crippen molar-refractivity contribution >= 4 is 34.1 Å². The zero-order valence-corrected chi connectivity index (χ0v) is 12.6. The number of aromatic amines is 1. The van der Waals surface area contributed by atoms with Crippen LogP contribution >= 0.6 is 11.6 Å². The van der Waals surface area contributed by atoms with Crippen LogP contribution in [0, 0.1) is 0 Å². The number of hydrogen-bond acceptors (Lipinski definition) is 2.